The summed E-state index contributed by atoms with van der Waals surface area (Å²) in [6.07, 6.45) is 0. The predicted octanol–water partition coefficient (Wildman–Crippen LogP) is 2.62. The molecule has 7 heteroatoms. The Hall–Kier alpha value is -2.31. The monoisotopic (exact) mass is 315 g/mol. The normalized spacial score (nSPS) is 10.5. The number of hydrogen-bond acceptors (Lipinski definition) is 4. The van der Waals surface area contributed by atoms with Gasteiger partial charge in [0.25, 0.3) is 0 Å². The van der Waals surface area contributed by atoms with E-state index in [1.807, 2.05) is 30.3 Å². The highest BCUT2D eigenvalue weighted by atomic mass is 35.5. The number of tetrazole rings is 1. The first kappa shape index (κ1) is 13.7. The number of thiocarbonyl (C=S) groups is 1. The van der Waals surface area contributed by atoms with Crippen LogP contribution in [-0.4, -0.2) is 25.2 Å². The Labute approximate surface area is 131 Å². The first-order valence-corrected chi connectivity index (χ1v) is 6.89. The molecule has 0 aliphatic rings. The average Bonchev–Trinajstić information content (AvgIpc) is 2.97. The molecule has 2 N–H and O–H groups in total. The molecule has 0 radical (unpaired) electrons. The number of rotatable bonds is 3. The second-order valence-corrected chi connectivity index (χ2v) is 5.15. The third-order valence-electron chi connectivity index (χ3n) is 2.89. The van der Waals surface area contributed by atoms with Gasteiger partial charge in [0.2, 0.25) is 5.82 Å². The van der Waals surface area contributed by atoms with Crippen LogP contribution in [0.2, 0.25) is 5.02 Å². The molecule has 0 saturated carbocycles. The van der Waals surface area contributed by atoms with E-state index in [9.17, 15) is 0 Å². The van der Waals surface area contributed by atoms with E-state index in [2.05, 4.69) is 15.4 Å². The molecule has 1 aromatic heterocycles. The maximum Gasteiger partial charge on any atom is 0.205 e. The number of nitrogens with zero attached hydrogens (tertiary/aromatic N) is 4. The largest absolute Gasteiger partial charge is 0.389 e. The maximum absolute atomic E-state index is 6.22. The van der Waals surface area contributed by atoms with Gasteiger partial charge >= 0.3 is 0 Å². The summed E-state index contributed by atoms with van der Waals surface area (Å²) >= 11 is 11.1. The van der Waals surface area contributed by atoms with E-state index in [1.165, 1.54) is 4.80 Å². The van der Waals surface area contributed by atoms with Gasteiger partial charge in [0.05, 0.1) is 5.02 Å². The summed E-state index contributed by atoms with van der Waals surface area (Å²) in [5, 5.41) is 12.8. The molecule has 2 aromatic carbocycles. The third-order valence-corrected chi connectivity index (χ3v) is 3.43. The molecular formula is C14H10ClN5S. The van der Waals surface area contributed by atoms with Crippen molar-refractivity contribution in [1.29, 1.82) is 0 Å². The number of nitrogens with two attached hydrogens (primary N) is 1. The lowest BCUT2D eigenvalue weighted by atomic mass is 10.2. The summed E-state index contributed by atoms with van der Waals surface area (Å²) < 4.78 is 0. The molecule has 0 amide bonds. The summed E-state index contributed by atoms with van der Waals surface area (Å²) in [6.45, 7) is 0. The molecule has 0 aliphatic heterocycles. The minimum Gasteiger partial charge on any atom is -0.389 e. The highest BCUT2D eigenvalue weighted by Crippen LogP contribution is 2.21. The van der Waals surface area contributed by atoms with Crippen LogP contribution >= 0.6 is 23.8 Å². The lowest BCUT2D eigenvalue weighted by Crippen LogP contribution is -2.10. The van der Waals surface area contributed by atoms with Crippen LogP contribution in [0.1, 0.15) is 5.56 Å². The van der Waals surface area contributed by atoms with Crippen molar-refractivity contribution < 1.29 is 0 Å². The highest BCUT2D eigenvalue weighted by molar-refractivity contribution is 7.80. The van der Waals surface area contributed by atoms with Crippen LogP contribution < -0.4 is 5.73 Å². The summed E-state index contributed by atoms with van der Waals surface area (Å²) in [4.78, 5) is 1.67. The van der Waals surface area contributed by atoms with Crippen LogP contribution in [0.25, 0.3) is 17.1 Å². The van der Waals surface area contributed by atoms with E-state index < -0.39 is 0 Å². The van der Waals surface area contributed by atoms with E-state index >= 15 is 0 Å². The Morgan fingerprint density at radius 3 is 2.57 bits per heavy atom. The van der Waals surface area contributed by atoms with E-state index in [0.717, 1.165) is 5.56 Å². The Morgan fingerprint density at radius 2 is 1.90 bits per heavy atom. The fraction of sp³-hybridized carbons (Fsp3) is 0. The van der Waals surface area contributed by atoms with Gasteiger partial charge in [0.1, 0.15) is 10.7 Å². The summed E-state index contributed by atoms with van der Waals surface area (Å²) in [5.74, 6) is 0.532. The quantitative estimate of drug-likeness (QED) is 0.752. The Bertz CT molecular complexity index is 800. The molecule has 0 atom stereocenters. The van der Waals surface area contributed by atoms with Crippen LogP contribution in [0.5, 0.6) is 0 Å². The Kier molecular flexibility index (Phi) is 3.64. The smallest absolute Gasteiger partial charge is 0.205 e. The van der Waals surface area contributed by atoms with E-state index in [4.69, 9.17) is 29.6 Å². The lowest BCUT2D eigenvalue weighted by Gasteiger charge is -2.04. The van der Waals surface area contributed by atoms with Crippen molar-refractivity contribution in [2.24, 2.45) is 5.73 Å². The van der Waals surface area contributed by atoms with E-state index in [0.29, 0.717) is 27.1 Å². The van der Waals surface area contributed by atoms with Gasteiger partial charge in [0.15, 0.2) is 0 Å². The molecule has 0 aliphatic carbocycles. The van der Waals surface area contributed by atoms with Crippen LogP contribution in [0.4, 0.5) is 0 Å². The van der Waals surface area contributed by atoms with Crippen LogP contribution in [0, 0.1) is 0 Å². The minimum absolute atomic E-state index is 0.292. The van der Waals surface area contributed by atoms with Crippen molar-refractivity contribution in [1.82, 2.24) is 20.2 Å². The van der Waals surface area contributed by atoms with Crippen LogP contribution in [0.15, 0.2) is 48.5 Å². The number of halogens is 1. The molecular weight excluding hydrogens is 306 g/mol. The SMILES string of the molecule is NC(=S)c1ccc(-n2nnc(-c3ccccc3)n2)c(Cl)c1. The molecule has 0 spiro atoms. The van der Waals surface area contributed by atoms with Crippen LogP contribution in [0.3, 0.4) is 0 Å². The number of hydrogen-bond donors (Lipinski definition) is 1. The van der Waals surface area contributed by atoms with Crippen LogP contribution in [-0.2, 0) is 0 Å². The first-order chi connectivity index (χ1) is 10.1. The molecule has 3 aromatic rings. The molecule has 1 heterocycles. The van der Waals surface area contributed by atoms with E-state index in [1.54, 1.807) is 18.2 Å². The first-order valence-electron chi connectivity index (χ1n) is 6.10. The molecule has 3 rings (SSSR count). The van der Waals surface area contributed by atoms with Crippen molar-refractivity contribution in [3.63, 3.8) is 0 Å². The second kappa shape index (κ2) is 5.59. The predicted molar refractivity (Wildman–Crippen MR) is 85.5 cm³/mol. The van der Waals surface area contributed by atoms with Gasteiger partial charge in [-0.1, -0.05) is 54.2 Å². The van der Waals surface area contributed by atoms with E-state index in [-0.39, 0.29) is 0 Å². The topological polar surface area (TPSA) is 69.6 Å². The fourth-order valence-corrected chi connectivity index (χ4v) is 2.22. The van der Waals surface area contributed by atoms with Gasteiger partial charge in [-0.25, -0.2) is 0 Å². The lowest BCUT2D eigenvalue weighted by molar-refractivity contribution is 0.720. The summed E-state index contributed by atoms with van der Waals surface area (Å²) in [5.41, 5.74) is 7.78. The molecule has 0 saturated heterocycles. The summed E-state index contributed by atoms with van der Waals surface area (Å²) in [7, 11) is 0. The molecule has 0 bridgehead atoms. The molecule has 21 heavy (non-hydrogen) atoms. The average molecular weight is 316 g/mol. The van der Waals surface area contributed by atoms with Gasteiger partial charge in [-0.2, -0.15) is 0 Å². The van der Waals surface area contributed by atoms with Crippen molar-refractivity contribution in [2.45, 2.75) is 0 Å². The van der Waals surface area contributed by atoms with Gasteiger partial charge in [-0.15, -0.1) is 15.0 Å². The third kappa shape index (κ3) is 2.76. The van der Waals surface area contributed by atoms with Gasteiger partial charge in [-0.3, -0.25) is 0 Å². The molecule has 0 fully saturated rings. The van der Waals surface area contributed by atoms with Gasteiger partial charge < -0.3 is 5.73 Å². The Balaban J connectivity index is 1.99. The molecule has 5 nitrogen and oxygen atoms in total. The zero-order valence-corrected chi connectivity index (χ0v) is 12.3. The second-order valence-electron chi connectivity index (χ2n) is 4.30. The summed E-state index contributed by atoms with van der Waals surface area (Å²) in [6, 6.07) is 14.8. The Morgan fingerprint density at radius 1 is 1.14 bits per heavy atom. The highest BCUT2D eigenvalue weighted by Gasteiger charge is 2.10. The zero-order chi connectivity index (χ0) is 14.8. The standard InChI is InChI=1S/C14H10ClN5S/c15-11-8-10(13(16)21)6-7-12(11)20-18-14(17-19-20)9-4-2-1-3-5-9/h1-8H,(H2,16,21). The number of benzene rings is 2. The zero-order valence-electron chi connectivity index (χ0n) is 10.8. The number of aromatic nitrogens is 4. The molecule has 0 unspecified atom stereocenters. The van der Waals surface area contributed by atoms with Gasteiger partial charge in [0, 0.05) is 11.1 Å². The molecule has 104 valence electrons. The van der Waals surface area contributed by atoms with Crippen molar-refractivity contribution in [3.8, 4) is 17.1 Å². The fourth-order valence-electron chi connectivity index (χ4n) is 1.84. The van der Waals surface area contributed by atoms with Crippen molar-refractivity contribution >= 4 is 28.8 Å². The van der Waals surface area contributed by atoms with Crippen molar-refractivity contribution in [3.05, 3.63) is 59.1 Å². The van der Waals surface area contributed by atoms with Crippen molar-refractivity contribution in [2.75, 3.05) is 0 Å². The minimum atomic E-state index is 0.292. The maximum atomic E-state index is 6.22. The van der Waals surface area contributed by atoms with Gasteiger partial charge in [-0.05, 0) is 23.4 Å².